The second-order valence-electron chi connectivity index (χ2n) is 8.94. The van der Waals surface area contributed by atoms with E-state index in [2.05, 4.69) is 44.3 Å². The molecule has 0 saturated heterocycles. The van der Waals surface area contributed by atoms with Crippen LogP contribution in [-0.2, 0) is 16.0 Å². The summed E-state index contributed by atoms with van der Waals surface area (Å²) in [7, 11) is 5.89. The van der Waals surface area contributed by atoms with Gasteiger partial charge in [0.1, 0.15) is 6.54 Å². The summed E-state index contributed by atoms with van der Waals surface area (Å²) in [6.07, 6.45) is 16.0. The minimum absolute atomic E-state index is 0. The van der Waals surface area contributed by atoms with Crippen LogP contribution in [-0.4, -0.2) is 45.1 Å². The molecule has 0 fully saturated rings. The number of nitrogens with zero attached hydrogens (tertiary/aromatic N) is 1. The Kier molecular flexibility index (Phi) is 18.7. The molecule has 0 aliphatic heterocycles. The largest absolute Gasteiger partial charge is 1.00 e. The van der Waals surface area contributed by atoms with Gasteiger partial charge in [-0.1, -0.05) is 88.6 Å². The molecule has 1 rings (SSSR count). The molecule has 0 aliphatic rings. The van der Waals surface area contributed by atoms with Gasteiger partial charge in [-0.3, -0.25) is 0 Å². The molecule has 0 saturated carbocycles. The van der Waals surface area contributed by atoms with E-state index in [4.69, 9.17) is 9.47 Å². The smallest absolute Gasteiger partial charge is 0.157 e. The van der Waals surface area contributed by atoms with Gasteiger partial charge in [0.05, 0.1) is 20.1 Å². The number of halogens is 1. The molecule has 1 aromatic rings. The van der Waals surface area contributed by atoms with Crippen molar-refractivity contribution in [2.75, 3.05) is 34.4 Å². The summed E-state index contributed by atoms with van der Waals surface area (Å²) in [5.41, 5.74) is 1.44. The molecule has 3 nitrogen and oxygen atoms in total. The zero-order valence-electron chi connectivity index (χ0n) is 20.2. The third-order valence-corrected chi connectivity index (χ3v) is 6.12. The highest BCUT2D eigenvalue weighted by Crippen LogP contribution is 2.18. The SMILES string of the molecule is CCCCCCCCCCCC[N+](C)(CCCC(OC)OC)Cc1ccccc1.[Cl-]. The molecule has 0 aromatic heterocycles. The van der Waals surface area contributed by atoms with Gasteiger partial charge in [-0.25, -0.2) is 0 Å². The van der Waals surface area contributed by atoms with Gasteiger partial charge in [-0.15, -0.1) is 0 Å². The molecule has 1 aromatic carbocycles. The molecule has 30 heavy (non-hydrogen) atoms. The molecule has 4 heteroatoms. The van der Waals surface area contributed by atoms with Crippen LogP contribution in [0.1, 0.15) is 89.5 Å². The lowest BCUT2D eigenvalue weighted by Gasteiger charge is -2.35. The van der Waals surface area contributed by atoms with Gasteiger partial charge >= 0.3 is 0 Å². The zero-order valence-corrected chi connectivity index (χ0v) is 21.0. The number of benzene rings is 1. The summed E-state index contributed by atoms with van der Waals surface area (Å²) in [5.74, 6) is 0. The van der Waals surface area contributed by atoms with Gasteiger partial charge < -0.3 is 26.4 Å². The standard InChI is InChI=1S/C26H48NO2.ClH/c1-5-6-7-8-9-10-11-12-13-17-22-27(2,23-18-21-26(28-3)29-4)24-25-19-15-14-16-20-25;/h14-16,19-20,26H,5-13,17-18,21-24H2,1-4H3;1H/q+1;/p-1. The Morgan fingerprint density at radius 3 is 1.77 bits per heavy atom. The molecule has 0 radical (unpaired) electrons. The molecule has 0 N–H and O–H groups in total. The van der Waals surface area contributed by atoms with E-state index >= 15 is 0 Å². The molecule has 1 unspecified atom stereocenters. The highest BCUT2D eigenvalue weighted by Gasteiger charge is 2.22. The van der Waals surface area contributed by atoms with Crippen LogP contribution in [0, 0.1) is 0 Å². The minimum atomic E-state index is -0.0718. The Balaban J connectivity index is 0.00000841. The fourth-order valence-corrected chi connectivity index (χ4v) is 4.25. The van der Waals surface area contributed by atoms with Crippen LogP contribution < -0.4 is 12.4 Å². The quantitative estimate of drug-likeness (QED) is 0.184. The topological polar surface area (TPSA) is 18.5 Å². The maximum atomic E-state index is 5.37. The lowest BCUT2D eigenvalue weighted by Crippen LogP contribution is -3.00. The summed E-state index contributed by atoms with van der Waals surface area (Å²) in [6, 6.07) is 11.0. The van der Waals surface area contributed by atoms with E-state index in [1.807, 2.05) is 0 Å². The lowest BCUT2D eigenvalue weighted by atomic mass is 10.1. The number of quaternary nitrogens is 1. The van der Waals surface area contributed by atoms with Crippen LogP contribution in [0.25, 0.3) is 0 Å². The van der Waals surface area contributed by atoms with Crippen LogP contribution >= 0.6 is 0 Å². The van der Waals surface area contributed by atoms with E-state index in [1.54, 1.807) is 14.2 Å². The van der Waals surface area contributed by atoms with Crippen molar-refractivity contribution in [2.45, 2.75) is 96.8 Å². The first kappa shape index (κ1) is 29.4. The first-order chi connectivity index (χ1) is 14.1. The van der Waals surface area contributed by atoms with Crippen LogP contribution in [0.15, 0.2) is 30.3 Å². The maximum absolute atomic E-state index is 5.37. The van der Waals surface area contributed by atoms with E-state index < -0.39 is 0 Å². The molecule has 0 aliphatic carbocycles. The lowest BCUT2D eigenvalue weighted by molar-refractivity contribution is -0.923. The van der Waals surface area contributed by atoms with Crippen molar-refractivity contribution in [1.82, 2.24) is 0 Å². The molecule has 176 valence electrons. The Hall–Kier alpha value is -0.610. The Morgan fingerprint density at radius 1 is 0.733 bits per heavy atom. The third kappa shape index (κ3) is 14.4. The van der Waals surface area contributed by atoms with E-state index in [-0.39, 0.29) is 18.7 Å². The summed E-state index contributed by atoms with van der Waals surface area (Å²) in [6.45, 7) is 5.84. The molecular weight excluding hydrogens is 394 g/mol. The van der Waals surface area contributed by atoms with Crippen LogP contribution in [0.3, 0.4) is 0 Å². The predicted octanol–water partition coefficient (Wildman–Crippen LogP) is 3.96. The Bertz CT molecular complexity index is 481. The number of methoxy groups -OCH3 is 2. The first-order valence-electron chi connectivity index (χ1n) is 12.1. The van der Waals surface area contributed by atoms with Gasteiger partial charge in [0, 0.05) is 32.6 Å². The van der Waals surface area contributed by atoms with Gasteiger partial charge in [0.25, 0.3) is 0 Å². The predicted molar refractivity (Wildman–Crippen MR) is 125 cm³/mol. The fraction of sp³-hybridized carbons (Fsp3) is 0.769. The van der Waals surface area contributed by atoms with Crippen molar-refractivity contribution in [3.63, 3.8) is 0 Å². The number of hydrogen-bond acceptors (Lipinski definition) is 2. The molecular formula is C26H48ClNO2. The molecule has 0 amide bonds. The second-order valence-corrected chi connectivity index (χ2v) is 8.94. The summed E-state index contributed by atoms with van der Waals surface area (Å²) >= 11 is 0. The molecule has 0 bridgehead atoms. The summed E-state index contributed by atoms with van der Waals surface area (Å²) in [4.78, 5) is 0. The molecule has 1 atom stereocenters. The number of hydrogen-bond donors (Lipinski definition) is 0. The average Bonchev–Trinajstić information content (AvgIpc) is 2.73. The van der Waals surface area contributed by atoms with Crippen molar-refractivity contribution in [3.8, 4) is 0 Å². The zero-order chi connectivity index (χ0) is 21.2. The minimum Gasteiger partial charge on any atom is -1.00 e. The van der Waals surface area contributed by atoms with Crippen molar-refractivity contribution in [2.24, 2.45) is 0 Å². The van der Waals surface area contributed by atoms with Crippen molar-refractivity contribution < 1.29 is 26.4 Å². The Morgan fingerprint density at radius 2 is 1.23 bits per heavy atom. The van der Waals surface area contributed by atoms with Crippen LogP contribution in [0.2, 0.25) is 0 Å². The highest BCUT2D eigenvalue weighted by atomic mass is 35.5. The van der Waals surface area contributed by atoms with Gasteiger partial charge in [-0.2, -0.15) is 0 Å². The second kappa shape index (κ2) is 19.1. The van der Waals surface area contributed by atoms with Crippen molar-refractivity contribution in [1.29, 1.82) is 0 Å². The van der Waals surface area contributed by atoms with Crippen LogP contribution in [0.5, 0.6) is 0 Å². The van der Waals surface area contributed by atoms with E-state index in [9.17, 15) is 0 Å². The van der Waals surface area contributed by atoms with Gasteiger partial charge in [-0.05, 0) is 12.8 Å². The van der Waals surface area contributed by atoms with Crippen LogP contribution in [0.4, 0.5) is 0 Å². The van der Waals surface area contributed by atoms with Crippen molar-refractivity contribution >= 4 is 0 Å². The monoisotopic (exact) mass is 441 g/mol. The highest BCUT2D eigenvalue weighted by molar-refractivity contribution is 5.13. The number of ether oxygens (including phenoxy) is 2. The number of rotatable bonds is 19. The van der Waals surface area contributed by atoms with E-state index in [0.29, 0.717) is 0 Å². The number of unbranched alkanes of at least 4 members (excludes halogenated alkanes) is 9. The van der Waals surface area contributed by atoms with Crippen molar-refractivity contribution in [3.05, 3.63) is 35.9 Å². The first-order valence-corrected chi connectivity index (χ1v) is 12.1. The fourth-order valence-electron chi connectivity index (χ4n) is 4.25. The normalized spacial score (nSPS) is 13.2. The average molecular weight is 442 g/mol. The summed E-state index contributed by atoms with van der Waals surface area (Å²) in [5, 5.41) is 0. The molecule has 0 heterocycles. The van der Waals surface area contributed by atoms with E-state index in [0.717, 1.165) is 23.9 Å². The third-order valence-electron chi connectivity index (χ3n) is 6.12. The summed E-state index contributed by atoms with van der Waals surface area (Å²) < 4.78 is 11.9. The van der Waals surface area contributed by atoms with Gasteiger partial charge in [0.15, 0.2) is 6.29 Å². The van der Waals surface area contributed by atoms with E-state index in [1.165, 1.54) is 82.9 Å². The van der Waals surface area contributed by atoms with Gasteiger partial charge in [0.2, 0.25) is 0 Å². The molecule has 0 spiro atoms. The Labute approximate surface area is 193 Å². The maximum Gasteiger partial charge on any atom is 0.157 e.